The molecule has 0 amide bonds. The third-order valence-electron chi connectivity index (χ3n) is 3.99. The maximum absolute atomic E-state index is 10.8. The zero-order valence-corrected chi connectivity index (χ0v) is 9.28. The molecule has 2 fully saturated rings. The lowest BCUT2D eigenvalue weighted by Gasteiger charge is -2.49. The van der Waals surface area contributed by atoms with Crippen molar-refractivity contribution in [3.63, 3.8) is 0 Å². The van der Waals surface area contributed by atoms with E-state index in [2.05, 4.69) is 18.7 Å². The SMILES string of the molecule is C[C@@H]1CC(C=O)C[C@H](C)N1C1CCC1. The number of hydrogen-bond acceptors (Lipinski definition) is 2. The fraction of sp³-hybridized carbons (Fsp3) is 0.917. The molecular formula is C12H21NO. The number of carbonyl (C=O) groups is 1. The molecule has 3 atom stereocenters. The third kappa shape index (κ3) is 1.72. The first-order valence-corrected chi connectivity index (χ1v) is 5.95. The number of likely N-dealkylation sites (tertiary alicyclic amines) is 1. The normalized spacial score (nSPS) is 40.6. The van der Waals surface area contributed by atoms with Crippen LogP contribution < -0.4 is 0 Å². The highest BCUT2D eigenvalue weighted by atomic mass is 16.1. The zero-order chi connectivity index (χ0) is 10.1. The van der Waals surface area contributed by atoms with E-state index in [9.17, 15) is 4.79 Å². The van der Waals surface area contributed by atoms with Crippen LogP contribution in [0, 0.1) is 5.92 Å². The van der Waals surface area contributed by atoms with E-state index < -0.39 is 0 Å². The topological polar surface area (TPSA) is 20.3 Å². The Kier molecular flexibility index (Phi) is 2.91. The van der Waals surface area contributed by atoms with Crippen molar-refractivity contribution in [1.29, 1.82) is 0 Å². The second-order valence-corrected chi connectivity index (χ2v) is 5.10. The van der Waals surface area contributed by atoms with Gasteiger partial charge in [-0.05, 0) is 39.5 Å². The van der Waals surface area contributed by atoms with Gasteiger partial charge < -0.3 is 4.79 Å². The zero-order valence-electron chi connectivity index (χ0n) is 9.28. The Morgan fingerprint density at radius 1 is 1.14 bits per heavy atom. The summed E-state index contributed by atoms with van der Waals surface area (Å²) < 4.78 is 0. The van der Waals surface area contributed by atoms with Crippen molar-refractivity contribution in [2.75, 3.05) is 0 Å². The van der Waals surface area contributed by atoms with Crippen molar-refractivity contribution >= 4 is 6.29 Å². The van der Waals surface area contributed by atoms with E-state index >= 15 is 0 Å². The van der Waals surface area contributed by atoms with E-state index in [4.69, 9.17) is 0 Å². The monoisotopic (exact) mass is 195 g/mol. The first-order valence-electron chi connectivity index (χ1n) is 5.95. The number of carbonyl (C=O) groups excluding carboxylic acids is 1. The highest BCUT2D eigenvalue weighted by Gasteiger charge is 2.37. The predicted octanol–water partition coefficient (Wildman–Crippen LogP) is 2.23. The van der Waals surface area contributed by atoms with E-state index in [-0.39, 0.29) is 0 Å². The lowest BCUT2D eigenvalue weighted by Crippen LogP contribution is -2.54. The summed E-state index contributed by atoms with van der Waals surface area (Å²) in [6.07, 6.45) is 7.46. The molecule has 0 bridgehead atoms. The number of nitrogens with zero attached hydrogens (tertiary/aromatic N) is 1. The van der Waals surface area contributed by atoms with Crippen LogP contribution in [0.2, 0.25) is 0 Å². The Labute approximate surface area is 86.7 Å². The van der Waals surface area contributed by atoms with Gasteiger partial charge in [0.05, 0.1) is 0 Å². The van der Waals surface area contributed by atoms with Gasteiger partial charge >= 0.3 is 0 Å². The molecule has 2 heteroatoms. The maximum atomic E-state index is 10.8. The van der Waals surface area contributed by atoms with Gasteiger partial charge in [0.2, 0.25) is 0 Å². The quantitative estimate of drug-likeness (QED) is 0.630. The summed E-state index contributed by atoms with van der Waals surface area (Å²) in [6.45, 7) is 4.56. The molecule has 1 saturated carbocycles. The summed E-state index contributed by atoms with van der Waals surface area (Å²) >= 11 is 0. The fourth-order valence-corrected chi connectivity index (χ4v) is 3.17. The van der Waals surface area contributed by atoms with Gasteiger partial charge in [-0.25, -0.2) is 0 Å². The summed E-state index contributed by atoms with van der Waals surface area (Å²) in [4.78, 5) is 13.4. The standard InChI is InChI=1S/C12H21NO/c1-9-6-11(8-14)7-10(2)13(9)12-4-3-5-12/h8-12H,3-7H2,1-2H3/t9-,10+,11?. The first kappa shape index (κ1) is 10.2. The lowest BCUT2D eigenvalue weighted by molar-refractivity contribution is -0.114. The molecule has 1 saturated heterocycles. The third-order valence-corrected chi connectivity index (χ3v) is 3.99. The minimum atomic E-state index is 0.316. The van der Waals surface area contributed by atoms with Crippen LogP contribution in [0.15, 0.2) is 0 Å². The smallest absolute Gasteiger partial charge is 0.123 e. The van der Waals surface area contributed by atoms with Gasteiger partial charge in [-0.2, -0.15) is 0 Å². The molecule has 0 aromatic carbocycles. The van der Waals surface area contributed by atoms with Gasteiger partial charge in [0, 0.05) is 24.0 Å². The molecule has 80 valence electrons. The molecule has 2 nitrogen and oxygen atoms in total. The molecular weight excluding hydrogens is 174 g/mol. The molecule has 1 unspecified atom stereocenters. The predicted molar refractivity (Wildman–Crippen MR) is 57.2 cm³/mol. The molecule has 1 aliphatic heterocycles. The molecule has 0 radical (unpaired) electrons. The molecule has 0 aromatic rings. The van der Waals surface area contributed by atoms with Crippen LogP contribution in [0.4, 0.5) is 0 Å². The van der Waals surface area contributed by atoms with Crippen LogP contribution in [0.5, 0.6) is 0 Å². The molecule has 1 aliphatic carbocycles. The molecule has 0 aromatic heterocycles. The van der Waals surface area contributed by atoms with Gasteiger partial charge in [0.25, 0.3) is 0 Å². The molecule has 14 heavy (non-hydrogen) atoms. The van der Waals surface area contributed by atoms with Crippen LogP contribution in [-0.4, -0.2) is 29.3 Å². The first-order chi connectivity index (χ1) is 6.72. The van der Waals surface area contributed by atoms with Gasteiger partial charge in [0.1, 0.15) is 6.29 Å². The minimum Gasteiger partial charge on any atom is -0.303 e. The second kappa shape index (κ2) is 4.01. The van der Waals surface area contributed by atoms with E-state index in [0.717, 1.165) is 25.2 Å². The van der Waals surface area contributed by atoms with Crippen molar-refractivity contribution in [2.45, 2.75) is 64.1 Å². The molecule has 0 N–H and O–H groups in total. The summed E-state index contributed by atoms with van der Waals surface area (Å²) in [5, 5.41) is 0. The van der Waals surface area contributed by atoms with Gasteiger partial charge in [-0.15, -0.1) is 0 Å². The molecule has 1 heterocycles. The van der Waals surface area contributed by atoms with Crippen molar-refractivity contribution < 1.29 is 4.79 Å². The largest absolute Gasteiger partial charge is 0.303 e. The Hall–Kier alpha value is -0.370. The summed E-state index contributed by atoms with van der Waals surface area (Å²) in [5.74, 6) is 0.316. The number of piperidine rings is 1. The summed E-state index contributed by atoms with van der Waals surface area (Å²) in [6, 6.07) is 2.05. The van der Waals surface area contributed by atoms with Gasteiger partial charge in [-0.3, -0.25) is 4.90 Å². The molecule has 0 spiro atoms. The Morgan fingerprint density at radius 2 is 1.71 bits per heavy atom. The lowest BCUT2D eigenvalue weighted by atomic mass is 9.82. The van der Waals surface area contributed by atoms with Crippen LogP contribution in [0.25, 0.3) is 0 Å². The van der Waals surface area contributed by atoms with E-state index in [0.29, 0.717) is 18.0 Å². The van der Waals surface area contributed by atoms with Crippen molar-refractivity contribution in [2.24, 2.45) is 5.92 Å². The van der Waals surface area contributed by atoms with Crippen molar-refractivity contribution in [3.8, 4) is 0 Å². The summed E-state index contributed by atoms with van der Waals surface area (Å²) in [7, 11) is 0. The Morgan fingerprint density at radius 3 is 2.07 bits per heavy atom. The van der Waals surface area contributed by atoms with Crippen molar-refractivity contribution in [3.05, 3.63) is 0 Å². The van der Waals surface area contributed by atoms with E-state index in [1.54, 1.807) is 0 Å². The average Bonchev–Trinajstić information content (AvgIpc) is 2.07. The van der Waals surface area contributed by atoms with E-state index in [1.807, 2.05) is 0 Å². The van der Waals surface area contributed by atoms with Gasteiger partial charge in [0.15, 0.2) is 0 Å². The summed E-state index contributed by atoms with van der Waals surface area (Å²) in [5.41, 5.74) is 0. The highest BCUT2D eigenvalue weighted by molar-refractivity contribution is 5.53. The van der Waals surface area contributed by atoms with E-state index in [1.165, 1.54) is 19.3 Å². The van der Waals surface area contributed by atoms with Crippen LogP contribution in [0.3, 0.4) is 0 Å². The van der Waals surface area contributed by atoms with Gasteiger partial charge in [-0.1, -0.05) is 6.42 Å². The Bertz CT molecular complexity index is 200. The van der Waals surface area contributed by atoms with Crippen LogP contribution >= 0.6 is 0 Å². The number of hydrogen-bond donors (Lipinski definition) is 0. The van der Waals surface area contributed by atoms with Crippen LogP contribution in [-0.2, 0) is 4.79 Å². The number of aldehydes is 1. The fourth-order valence-electron chi connectivity index (χ4n) is 3.17. The maximum Gasteiger partial charge on any atom is 0.123 e. The highest BCUT2D eigenvalue weighted by Crippen LogP contribution is 2.35. The number of rotatable bonds is 2. The Balaban J connectivity index is 1.99. The second-order valence-electron chi connectivity index (χ2n) is 5.10. The van der Waals surface area contributed by atoms with Crippen molar-refractivity contribution in [1.82, 2.24) is 4.90 Å². The minimum absolute atomic E-state index is 0.316. The van der Waals surface area contributed by atoms with Crippen LogP contribution in [0.1, 0.15) is 46.0 Å². The molecule has 2 aliphatic rings. The average molecular weight is 195 g/mol. The molecule has 2 rings (SSSR count).